The van der Waals surface area contributed by atoms with E-state index in [9.17, 15) is 13.2 Å². The summed E-state index contributed by atoms with van der Waals surface area (Å²) in [7, 11) is 0. The summed E-state index contributed by atoms with van der Waals surface area (Å²) in [6.07, 6.45) is -2.99. The SMILES string of the molecule is NC1=N[C@](c2nc(Br)ccc2F)(C(F)F)[C@@H]2C[C@@H]2O1. The van der Waals surface area contributed by atoms with Crippen LogP contribution in [0.2, 0.25) is 0 Å². The largest absolute Gasteiger partial charge is 0.462 e. The molecule has 2 heterocycles. The molecule has 0 amide bonds. The molecule has 19 heavy (non-hydrogen) atoms. The number of halogens is 4. The van der Waals surface area contributed by atoms with Crippen molar-refractivity contribution in [3.63, 3.8) is 0 Å². The monoisotopic (exact) mass is 335 g/mol. The van der Waals surface area contributed by atoms with E-state index in [2.05, 4.69) is 25.9 Å². The number of hydrogen-bond acceptors (Lipinski definition) is 4. The standard InChI is InChI=1S/C11H9BrF3N3O/c12-7-2-1-5(13)8(17-7)11(9(14)15)4-3-6(4)19-10(16)18-11/h1-2,4,6,9H,3H2,(H2,16,18)/t4-,6+,11-/m1/s1. The quantitative estimate of drug-likeness (QED) is 0.842. The molecule has 0 unspecified atom stereocenters. The molecule has 1 aliphatic heterocycles. The van der Waals surface area contributed by atoms with Gasteiger partial charge in [0, 0.05) is 5.92 Å². The predicted octanol–water partition coefficient (Wildman–Crippen LogP) is 2.18. The number of hydrogen-bond donors (Lipinski definition) is 1. The molecule has 0 aromatic carbocycles. The summed E-state index contributed by atoms with van der Waals surface area (Å²) >= 11 is 3.05. The van der Waals surface area contributed by atoms with E-state index in [1.54, 1.807) is 0 Å². The predicted molar refractivity (Wildman–Crippen MR) is 64.2 cm³/mol. The van der Waals surface area contributed by atoms with Crippen LogP contribution in [-0.2, 0) is 10.3 Å². The van der Waals surface area contributed by atoms with E-state index < -0.39 is 35.5 Å². The van der Waals surface area contributed by atoms with Crippen LogP contribution in [0.3, 0.4) is 0 Å². The first kappa shape index (κ1) is 12.7. The molecule has 1 aromatic heterocycles. The highest BCUT2D eigenvalue weighted by Gasteiger charge is 2.65. The van der Waals surface area contributed by atoms with Gasteiger partial charge in [0.15, 0.2) is 5.54 Å². The van der Waals surface area contributed by atoms with E-state index in [-0.39, 0.29) is 10.6 Å². The second-order valence-corrected chi connectivity index (χ2v) is 5.35. The first-order valence-electron chi connectivity index (χ1n) is 5.58. The molecule has 2 aliphatic rings. The molecule has 8 heteroatoms. The van der Waals surface area contributed by atoms with Gasteiger partial charge in [-0.05, 0) is 34.5 Å². The maximum atomic E-state index is 13.9. The number of nitrogens with two attached hydrogens (primary N) is 1. The average Bonchev–Trinajstić information content (AvgIpc) is 3.10. The Hall–Kier alpha value is -1.31. The Kier molecular flexibility index (Phi) is 2.74. The maximum absolute atomic E-state index is 13.9. The minimum atomic E-state index is -2.92. The van der Waals surface area contributed by atoms with Crippen molar-refractivity contribution in [2.45, 2.75) is 24.5 Å². The summed E-state index contributed by atoms with van der Waals surface area (Å²) in [4.78, 5) is 7.55. The van der Waals surface area contributed by atoms with Gasteiger partial charge in [-0.15, -0.1) is 0 Å². The highest BCUT2D eigenvalue weighted by Crippen LogP contribution is 2.55. The second kappa shape index (κ2) is 4.09. The Morgan fingerprint density at radius 3 is 2.89 bits per heavy atom. The first-order valence-corrected chi connectivity index (χ1v) is 6.37. The van der Waals surface area contributed by atoms with Crippen LogP contribution >= 0.6 is 15.9 Å². The molecule has 0 radical (unpaired) electrons. The number of pyridine rings is 1. The van der Waals surface area contributed by atoms with Gasteiger partial charge in [0.05, 0.1) is 0 Å². The summed E-state index contributed by atoms with van der Waals surface area (Å²) in [5.41, 5.74) is 2.98. The molecule has 1 aliphatic carbocycles. The van der Waals surface area contributed by atoms with Crippen molar-refractivity contribution >= 4 is 22.0 Å². The van der Waals surface area contributed by atoms with Crippen molar-refractivity contribution in [2.75, 3.05) is 0 Å². The summed E-state index contributed by atoms with van der Waals surface area (Å²) in [5, 5.41) is 0. The van der Waals surface area contributed by atoms with Gasteiger partial charge in [0.2, 0.25) is 0 Å². The lowest BCUT2D eigenvalue weighted by Gasteiger charge is -2.32. The van der Waals surface area contributed by atoms with Gasteiger partial charge < -0.3 is 10.5 Å². The highest BCUT2D eigenvalue weighted by atomic mass is 79.9. The molecule has 1 saturated carbocycles. The molecular formula is C11H9BrF3N3O. The average molecular weight is 336 g/mol. The van der Waals surface area contributed by atoms with Gasteiger partial charge in [-0.2, -0.15) is 0 Å². The summed E-state index contributed by atoms with van der Waals surface area (Å²) in [5.74, 6) is -1.43. The molecule has 4 nitrogen and oxygen atoms in total. The third kappa shape index (κ3) is 1.80. The number of rotatable bonds is 2. The first-order chi connectivity index (χ1) is 8.95. The highest BCUT2D eigenvalue weighted by molar-refractivity contribution is 9.10. The Bertz CT molecular complexity index is 568. The molecule has 1 aromatic rings. The Morgan fingerprint density at radius 1 is 1.47 bits per heavy atom. The van der Waals surface area contributed by atoms with E-state index >= 15 is 0 Å². The number of alkyl halides is 2. The van der Waals surface area contributed by atoms with Crippen LogP contribution in [0.4, 0.5) is 13.2 Å². The molecule has 3 atom stereocenters. The van der Waals surface area contributed by atoms with Gasteiger partial charge >= 0.3 is 0 Å². The smallest absolute Gasteiger partial charge is 0.283 e. The molecule has 3 rings (SSSR count). The third-order valence-corrected chi connectivity index (χ3v) is 3.83. The Morgan fingerprint density at radius 2 is 2.21 bits per heavy atom. The van der Waals surface area contributed by atoms with Crippen molar-refractivity contribution in [1.82, 2.24) is 4.98 Å². The molecule has 0 spiro atoms. The molecule has 102 valence electrons. The minimum Gasteiger partial charge on any atom is -0.462 e. The Labute approximate surface area is 115 Å². The fraction of sp³-hybridized carbons (Fsp3) is 0.455. The van der Waals surface area contributed by atoms with Gasteiger partial charge in [0.25, 0.3) is 12.4 Å². The van der Waals surface area contributed by atoms with E-state index in [4.69, 9.17) is 10.5 Å². The molecule has 2 N–H and O–H groups in total. The fourth-order valence-electron chi connectivity index (χ4n) is 2.45. The van der Waals surface area contributed by atoms with E-state index in [1.165, 1.54) is 6.07 Å². The number of ether oxygens (including phenoxy) is 1. The lowest BCUT2D eigenvalue weighted by Crippen LogP contribution is -2.44. The number of aliphatic imine (C=N–C) groups is 1. The molecule has 1 fully saturated rings. The maximum Gasteiger partial charge on any atom is 0.283 e. The van der Waals surface area contributed by atoms with E-state index in [0.717, 1.165) is 6.07 Å². The molecular weight excluding hydrogens is 327 g/mol. The summed E-state index contributed by atoms with van der Waals surface area (Å²) in [6.45, 7) is 0. The zero-order valence-electron chi connectivity index (χ0n) is 9.49. The van der Waals surface area contributed by atoms with Gasteiger partial charge in [-0.3, -0.25) is 0 Å². The lowest BCUT2D eigenvalue weighted by atomic mass is 9.88. The number of fused-ring (bicyclic) bond motifs is 1. The topological polar surface area (TPSA) is 60.5 Å². The summed E-state index contributed by atoms with van der Waals surface area (Å²) < 4.78 is 46.4. The summed E-state index contributed by atoms with van der Waals surface area (Å²) in [6, 6.07) is 2.07. The fourth-order valence-corrected chi connectivity index (χ4v) is 2.76. The van der Waals surface area contributed by atoms with Crippen molar-refractivity contribution in [3.05, 3.63) is 28.2 Å². The van der Waals surface area contributed by atoms with Crippen LogP contribution in [0, 0.1) is 11.7 Å². The van der Waals surface area contributed by atoms with Crippen LogP contribution in [-0.4, -0.2) is 23.5 Å². The number of aromatic nitrogens is 1. The van der Waals surface area contributed by atoms with Crippen LogP contribution in [0.5, 0.6) is 0 Å². The van der Waals surface area contributed by atoms with Crippen LogP contribution in [0.1, 0.15) is 12.1 Å². The second-order valence-electron chi connectivity index (χ2n) is 4.54. The number of amidine groups is 1. The van der Waals surface area contributed by atoms with Crippen molar-refractivity contribution in [2.24, 2.45) is 16.6 Å². The van der Waals surface area contributed by atoms with Crippen LogP contribution in [0.25, 0.3) is 0 Å². The molecule has 0 saturated heterocycles. The normalized spacial score (nSPS) is 32.6. The lowest BCUT2D eigenvalue weighted by molar-refractivity contribution is 0.0149. The number of nitrogens with zero attached hydrogens (tertiary/aromatic N) is 2. The van der Waals surface area contributed by atoms with Crippen molar-refractivity contribution in [3.8, 4) is 0 Å². The van der Waals surface area contributed by atoms with E-state index in [0.29, 0.717) is 6.42 Å². The van der Waals surface area contributed by atoms with Crippen LogP contribution < -0.4 is 5.73 Å². The van der Waals surface area contributed by atoms with Gasteiger partial charge in [0.1, 0.15) is 22.2 Å². The van der Waals surface area contributed by atoms with Crippen molar-refractivity contribution in [1.29, 1.82) is 0 Å². The third-order valence-electron chi connectivity index (χ3n) is 3.39. The van der Waals surface area contributed by atoms with Gasteiger partial charge in [-0.1, -0.05) is 0 Å². The van der Waals surface area contributed by atoms with Crippen molar-refractivity contribution < 1.29 is 17.9 Å². The van der Waals surface area contributed by atoms with E-state index in [1.807, 2.05) is 0 Å². The van der Waals surface area contributed by atoms with Gasteiger partial charge in [-0.25, -0.2) is 23.1 Å². The Balaban J connectivity index is 2.21. The zero-order valence-corrected chi connectivity index (χ0v) is 11.1. The minimum absolute atomic E-state index is 0.265. The van der Waals surface area contributed by atoms with Crippen LogP contribution in [0.15, 0.2) is 21.7 Å². The molecule has 0 bridgehead atoms. The zero-order chi connectivity index (χ0) is 13.8.